The molecule has 2 aromatic rings. The summed E-state index contributed by atoms with van der Waals surface area (Å²) in [5.74, 6) is -20.4. The maximum Gasteiger partial charge on any atom is 0.203 e. The van der Waals surface area contributed by atoms with Gasteiger partial charge >= 0.3 is 0 Å². The van der Waals surface area contributed by atoms with Gasteiger partial charge in [-0.1, -0.05) is 0 Å². The second kappa shape index (κ2) is 8.74. The van der Waals surface area contributed by atoms with E-state index in [9.17, 15) is 35.1 Å². The van der Waals surface area contributed by atoms with Crippen LogP contribution >= 0.6 is 0 Å². The van der Waals surface area contributed by atoms with Gasteiger partial charge in [0.1, 0.15) is 12.2 Å². The molecule has 4 nitrogen and oxygen atoms in total. The molecule has 12 heteroatoms. The zero-order chi connectivity index (χ0) is 22.2. The first-order valence-corrected chi connectivity index (χ1v) is 8.32. The normalized spacial score (nSPS) is 19.3. The quantitative estimate of drug-likeness (QED) is 0.328. The van der Waals surface area contributed by atoms with Gasteiger partial charge in [-0.25, -0.2) is 30.7 Å². The molecule has 2 aromatic carbocycles. The fourth-order valence-electron chi connectivity index (χ4n) is 2.27. The summed E-state index contributed by atoms with van der Waals surface area (Å²) in [5, 5.41) is 8.95. The standard InChI is InChI=1S/C12H2F8O.C6H10O3/c13-5-2(1-3(21)6(14)9(5)17)4-7(15)10(18)12(20)11(19)8(4)16;1(5-3-8-5)7-2-6-4-9-6/h1,21H;5-6H,1-4H2. The Morgan fingerprint density at radius 1 is 0.700 bits per heavy atom. The molecule has 0 aromatic heterocycles. The molecule has 164 valence electrons. The van der Waals surface area contributed by atoms with Crippen LogP contribution in [0.1, 0.15) is 0 Å². The highest BCUT2D eigenvalue weighted by atomic mass is 19.2. The van der Waals surface area contributed by atoms with Crippen molar-refractivity contribution in [3.63, 3.8) is 0 Å². The molecule has 0 spiro atoms. The van der Waals surface area contributed by atoms with Crippen molar-refractivity contribution < 1.29 is 54.4 Å². The van der Waals surface area contributed by atoms with Crippen molar-refractivity contribution in [2.45, 2.75) is 12.2 Å². The molecule has 0 bridgehead atoms. The molecule has 4 rings (SSSR count). The molecule has 0 amide bonds. The average molecular weight is 444 g/mol. The second-order valence-corrected chi connectivity index (χ2v) is 6.28. The van der Waals surface area contributed by atoms with Crippen molar-refractivity contribution in [3.8, 4) is 16.9 Å². The Bertz CT molecular complexity index is 919. The first-order valence-electron chi connectivity index (χ1n) is 8.32. The number of phenols is 1. The summed E-state index contributed by atoms with van der Waals surface area (Å²) in [4.78, 5) is 0. The number of hydrogen-bond donors (Lipinski definition) is 1. The Morgan fingerprint density at radius 2 is 1.10 bits per heavy atom. The summed E-state index contributed by atoms with van der Waals surface area (Å²) < 4.78 is 120. The van der Waals surface area contributed by atoms with Crippen LogP contribution in [0.25, 0.3) is 11.1 Å². The van der Waals surface area contributed by atoms with E-state index in [2.05, 4.69) is 0 Å². The molecule has 2 fully saturated rings. The minimum absolute atomic E-state index is 0.00598. The third-order valence-corrected chi connectivity index (χ3v) is 4.02. The lowest BCUT2D eigenvalue weighted by Crippen LogP contribution is -2.06. The summed E-state index contributed by atoms with van der Waals surface area (Å²) in [5.41, 5.74) is -3.34. The van der Waals surface area contributed by atoms with E-state index in [4.69, 9.17) is 19.3 Å². The van der Waals surface area contributed by atoms with Crippen molar-refractivity contribution >= 4 is 0 Å². The van der Waals surface area contributed by atoms with Crippen molar-refractivity contribution in [3.05, 3.63) is 52.6 Å². The third kappa shape index (κ3) is 4.65. The van der Waals surface area contributed by atoms with Crippen LogP contribution in [0.2, 0.25) is 0 Å². The largest absolute Gasteiger partial charge is 0.505 e. The molecule has 2 saturated heterocycles. The van der Waals surface area contributed by atoms with Crippen molar-refractivity contribution in [1.29, 1.82) is 0 Å². The molecule has 2 aliphatic heterocycles. The van der Waals surface area contributed by atoms with Crippen molar-refractivity contribution in [1.82, 2.24) is 0 Å². The highest BCUT2D eigenvalue weighted by Crippen LogP contribution is 2.36. The zero-order valence-corrected chi connectivity index (χ0v) is 14.8. The van der Waals surface area contributed by atoms with E-state index in [1.165, 1.54) is 0 Å². The van der Waals surface area contributed by atoms with Crippen molar-refractivity contribution in [2.75, 3.05) is 26.4 Å². The number of hydrogen-bond acceptors (Lipinski definition) is 4. The molecule has 30 heavy (non-hydrogen) atoms. The lowest BCUT2D eigenvalue weighted by Gasteiger charge is -2.10. The summed E-state index contributed by atoms with van der Waals surface area (Å²) in [6, 6.07) is 0.00598. The Balaban J connectivity index is 0.000000234. The molecule has 1 N–H and O–H groups in total. The van der Waals surface area contributed by atoms with Gasteiger partial charge in [0.15, 0.2) is 40.7 Å². The first-order chi connectivity index (χ1) is 14.1. The smallest absolute Gasteiger partial charge is 0.203 e. The van der Waals surface area contributed by atoms with E-state index in [-0.39, 0.29) is 6.07 Å². The number of benzene rings is 2. The summed E-state index contributed by atoms with van der Waals surface area (Å²) in [7, 11) is 0. The highest BCUT2D eigenvalue weighted by Gasteiger charge is 2.30. The van der Waals surface area contributed by atoms with Gasteiger partial charge in [-0.3, -0.25) is 0 Å². The highest BCUT2D eigenvalue weighted by molar-refractivity contribution is 5.68. The van der Waals surface area contributed by atoms with Crippen LogP contribution in [-0.4, -0.2) is 43.7 Å². The molecule has 0 saturated carbocycles. The van der Waals surface area contributed by atoms with Gasteiger partial charge in [-0.15, -0.1) is 0 Å². The van der Waals surface area contributed by atoms with Crippen molar-refractivity contribution in [2.24, 2.45) is 0 Å². The maximum atomic E-state index is 13.5. The number of epoxide rings is 2. The fourth-order valence-corrected chi connectivity index (χ4v) is 2.27. The molecule has 0 radical (unpaired) electrons. The Hall–Kier alpha value is -2.44. The van der Waals surface area contributed by atoms with Gasteiger partial charge < -0.3 is 19.3 Å². The minimum Gasteiger partial charge on any atom is -0.505 e. The molecular weight excluding hydrogens is 432 g/mol. The molecule has 2 atom stereocenters. The Morgan fingerprint density at radius 3 is 1.53 bits per heavy atom. The zero-order valence-electron chi connectivity index (χ0n) is 14.8. The molecule has 2 heterocycles. The number of phenolic OH excluding ortho intramolecular Hbond substituents is 1. The number of aromatic hydroxyl groups is 1. The lowest BCUT2D eigenvalue weighted by atomic mass is 10.0. The van der Waals surface area contributed by atoms with E-state index < -0.39 is 63.4 Å². The number of rotatable bonds is 5. The van der Waals surface area contributed by atoms with Crippen LogP contribution in [0.4, 0.5) is 35.1 Å². The second-order valence-electron chi connectivity index (χ2n) is 6.28. The monoisotopic (exact) mass is 444 g/mol. The van der Waals surface area contributed by atoms with Crippen LogP contribution in [-0.2, 0) is 14.2 Å². The predicted octanol–water partition coefficient (Wildman–Crippen LogP) is 3.97. The van der Waals surface area contributed by atoms with Gasteiger partial charge in [-0.05, 0) is 6.07 Å². The van der Waals surface area contributed by atoms with E-state index >= 15 is 0 Å². The van der Waals surface area contributed by atoms with Gasteiger partial charge in [0, 0.05) is 5.56 Å². The van der Waals surface area contributed by atoms with Gasteiger partial charge in [0.2, 0.25) is 11.6 Å². The average Bonchev–Trinajstić information content (AvgIpc) is 3.63. The maximum absolute atomic E-state index is 13.5. The van der Waals surface area contributed by atoms with E-state index in [0.717, 1.165) is 26.4 Å². The van der Waals surface area contributed by atoms with Gasteiger partial charge in [0.25, 0.3) is 0 Å². The molecule has 2 unspecified atom stereocenters. The van der Waals surface area contributed by atoms with Crippen LogP contribution in [0.15, 0.2) is 6.07 Å². The third-order valence-electron chi connectivity index (χ3n) is 4.02. The summed E-state index contributed by atoms with van der Waals surface area (Å²) >= 11 is 0. The predicted molar refractivity (Wildman–Crippen MR) is 83.5 cm³/mol. The van der Waals surface area contributed by atoms with Gasteiger partial charge in [0.05, 0.1) is 32.0 Å². The molecular formula is C18H12F8O4. The topological polar surface area (TPSA) is 54.5 Å². The minimum atomic E-state index is -2.50. The molecule has 0 aliphatic carbocycles. The summed E-state index contributed by atoms with van der Waals surface area (Å²) in [6.07, 6.45) is 0.785. The lowest BCUT2D eigenvalue weighted by molar-refractivity contribution is 0.102. The number of halogens is 8. The SMILES string of the molecule is C(OCC1CO1)C1CO1.Oc1cc(-c2c(F)c(F)c(F)c(F)c2F)c(F)c(F)c1F. The van der Waals surface area contributed by atoms with Crippen LogP contribution < -0.4 is 0 Å². The first kappa shape index (κ1) is 22.2. The fraction of sp³-hybridized carbons (Fsp3) is 0.333. The van der Waals surface area contributed by atoms with Crippen LogP contribution in [0, 0.1) is 46.5 Å². The number of ether oxygens (including phenoxy) is 3. The Kier molecular flexibility index (Phi) is 6.48. The van der Waals surface area contributed by atoms with E-state index in [0.29, 0.717) is 12.2 Å². The molecule has 2 aliphatic rings. The Labute approximate surface area is 163 Å². The van der Waals surface area contributed by atoms with E-state index in [1.807, 2.05) is 0 Å². The van der Waals surface area contributed by atoms with Gasteiger partial charge in [-0.2, -0.15) is 4.39 Å². The van der Waals surface area contributed by atoms with Crippen LogP contribution in [0.3, 0.4) is 0 Å². The van der Waals surface area contributed by atoms with Crippen LogP contribution in [0.5, 0.6) is 5.75 Å². The van der Waals surface area contributed by atoms with E-state index in [1.54, 1.807) is 0 Å². The summed E-state index contributed by atoms with van der Waals surface area (Å²) in [6.45, 7) is 3.26.